The molecule has 4 atom stereocenters. The second-order valence-electron chi connectivity index (χ2n) is 10.8. The zero-order valence-corrected chi connectivity index (χ0v) is 25.3. The molecule has 2 aliphatic heterocycles. The van der Waals surface area contributed by atoms with Crippen molar-refractivity contribution in [2.45, 2.75) is 48.5 Å². The molecule has 2 fully saturated rings. The molecule has 12 heteroatoms. The highest BCUT2D eigenvalue weighted by molar-refractivity contribution is 7.89. The highest BCUT2D eigenvalue weighted by Crippen LogP contribution is 2.25. The molecule has 0 aromatic heterocycles. The van der Waals surface area contributed by atoms with Gasteiger partial charge in [-0.15, -0.1) is 0 Å². The SMILES string of the molecule is COc1cccc(S(=O)(=O)N(CC2CCCO2)C[C@@H](O)[C@H](Cc2ccccc2)NC(=O)[C@@H]2CN(c3ccccc3)C(=O)O2)c1. The van der Waals surface area contributed by atoms with Crippen LogP contribution in [0.15, 0.2) is 89.8 Å². The minimum absolute atomic E-state index is 0.00179. The van der Waals surface area contributed by atoms with Gasteiger partial charge in [0.15, 0.2) is 6.10 Å². The summed E-state index contributed by atoms with van der Waals surface area (Å²) in [5, 5.41) is 14.4. The van der Waals surface area contributed by atoms with Crippen molar-refractivity contribution >= 4 is 27.7 Å². The van der Waals surface area contributed by atoms with Crippen molar-refractivity contribution in [3.05, 3.63) is 90.5 Å². The summed E-state index contributed by atoms with van der Waals surface area (Å²) in [4.78, 5) is 27.4. The Labute approximate surface area is 257 Å². The van der Waals surface area contributed by atoms with Crippen LogP contribution in [0.5, 0.6) is 5.75 Å². The van der Waals surface area contributed by atoms with Crippen LogP contribution in [0.1, 0.15) is 18.4 Å². The first-order valence-electron chi connectivity index (χ1n) is 14.6. The van der Waals surface area contributed by atoms with Crippen molar-refractivity contribution in [2.75, 3.05) is 38.3 Å². The fraction of sp³-hybridized carbons (Fsp3) is 0.375. The number of amides is 2. The topological polar surface area (TPSA) is 135 Å². The van der Waals surface area contributed by atoms with Gasteiger partial charge in [-0.1, -0.05) is 54.6 Å². The van der Waals surface area contributed by atoms with Crippen molar-refractivity contribution in [3.63, 3.8) is 0 Å². The van der Waals surface area contributed by atoms with Crippen molar-refractivity contribution in [1.29, 1.82) is 0 Å². The highest BCUT2D eigenvalue weighted by atomic mass is 32.2. The molecule has 0 radical (unpaired) electrons. The largest absolute Gasteiger partial charge is 0.497 e. The average molecular weight is 624 g/mol. The zero-order valence-electron chi connectivity index (χ0n) is 24.4. The van der Waals surface area contributed by atoms with Gasteiger partial charge in [0.05, 0.1) is 36.8 Å². The molecule has 5 rings (SSSR count). The van der Waals surface area contributed by atoms with Crippen LogP contribution in [-0.2, 0) is 30.7 Å². The van der Waals surface area contributed by atoms with Crippen LogP contribution in [0.3, 0.4) is 0 Å². The number of cyclic esters (lactones) is 1. The van der Waals surface area contributed by atoms with Gasteiger partial charge in [0.1, 0.15) is 5.75 Å². The molecule has 1 unspecified atom stereocenters. The van der Waals surface area contributed by atoms with E-state index < -0.39 is 40.3 Å². The van der Waals surface area contributed by atoms with Crippen LogP contribution < -0.4 is 15.0 Å². The third-order valence-corrected chi connectivity index (χ3v) is 9.59. The third kappa shape index (κ3) is 7.56. The number of hydrogen-bond acceptors (Lipinski definition) is 8. The Morgan fingerprint density at radius 3 is 2.50 bits per heavy atom. The molecule has 2 aliphatic rings. The number of carbonyl (C=O) groups excluding carboxylic acids is 2. The molecule has 2 amide bonds. The van der Waals surface area contributed by atoms with Gasteiger partial charge in [-0.3, -0.25) is 9.69 Å². The maximum absolute atomic E-state index is 13.9. The van der Waals surface area contributed by atoms with Crippen LogP contribution >= 0.6 is 0 Å². The number of sulfonamides is 1. The predicted molar refractivity (Wildman–Crippen MR) is 163 cm³/mol. The van der Waals surface area contributed by atoms with Crippen molar-refractivity contribution < 1.29 is 37.3 Å². The molecule has 0 bridgehead atoms. The van der Waals surface area contributed by atoms with E-state index in [2.05, 4.69) is 5.32 Å². The first kappa shape index (κ1) is 31.5. The van der Waals surface area contributed by atoms with Gasteiger partial charge < -0.3 is 24.6 Å². The number of aliphatic hydroxyl groups excluding tert-OH is 1. The lowest BCUT2D eigenvalue weighted by molar-refractivity contribution is -0.129. The summed E-state index contributed by atoms with van der Waals surface area (Å²) in [6, 6.07) is 23.4. The van der Waals surface area contributed by atoms with Gasteiger partial charge in [0.2, 0.25) is 10.0 Å². The molecule has 2 heterocycles. The van der Waals surface area contributed by atoms with Crippen LogP contribution in [0.2, 0.25) is 0 Å². The van der Waals surface area contributed by atoms with E-state index in [0.717, 1.165) is 12.0 Å². The molecular weight excluding hydrogens is 586 g/mol. The number of nitrogens with zero attached hydrogens (tertiary/aromatic N) is 2. The Bertz CT molecular complexity index is 1520. The number of anilines is 1. The standard InChI is InChI=1S/C32H37N3O8S/c1-41-25-14-8-16-27(19-25)44(39,40)34(20-26-15-9-17-42-26)21-29(36)28(18-23-10-4-2-5-11-23)33-31(37)30-22-35(32(38)43-30)24-12-6-3-7-13-24/h2-8,10-14,16,19,26,28-30,36H,9,15,17-18,20-22H2,1H3,(H,33,37)/t26?,28-,29+,30-/m0/s1. The van der Waals surface area contributed by atoms with E-state index in [1.165, 1.54) is 28.4 Å². The van der Waals surface area contributed by atoms with Gasteiger partial charge in [-0.2, -0.15) is 4.31 Å². The summed E-state index contributed by atoms with van der Waals surface area (Å²) >= 11 is 0. The van der Waals surface area contributed by atoms with Crippen LogP contribution in [0.25, 0.3) is 0 Å². The Hall–Kier alpha value is -3.97. The molecule has 0 saturated carbocycles. The zero-order chi connectivity index (χ0) is 31.1. The molecule has 234 valence electrons. The van der Waals surface area contributed by atoms with Gasteiger partial charge in [-0.25, -0.2) is 13.2 Å². The molecule has 2 saturated heterocycles. The normalized spacial score (nSPS) is 19.9. The summed E-state index contributed by atoms with van der Waals surface area (Å²) < 4.78 is 45.4. The number of para-hydroxylation sites is 1. The van der Waals surface area contributed by atoms with E-state index >= 15 is 0 Å². The van der Waals surface area contributed by atoms with Gasteiger partial charge in [0, 0.05) is 31.5 Å². The minimum Gasteiger partial charge on any atom is -0.497 e. The van der Waals surface area contributed by atoms with Gasteiger partial charge >= 0.3 is 6.09 Å². The molecule has 0 aliphatic carbocycles. The monoisotopic (exact) mass is 623 g/mol. The van der Waals surface area contributed by atoms with Crippen molar-refractivity contribution in [1.82, 2.24) is 9.62 Å². The Morgan fingerprint density at radius 2 is 1.82 bits per heavy atom. The lowest BCUT2D eigenvalue weighted by Crippen LogP contribution is -2.53. The van der Waals surface area contributed by atoms with E-state index in [-0.39, 0.29) is 37.1 Å². The van der Waals surface area contributed by atoms with E-state index in [9.17, 15) is 23.1 Å². The molecule has 0 spiro atoms. The predicted octanol–water partition coefficient (Wildman–Crippen LogP) is 2.98. The van der Waals surface area contributed by atoms with E-state index in [1.54, 1.807) is 36.4 Å². The third-order valence-electron chi connectivity index (χ3n) is 7.76. The number of rotatable bonds is 13. The quantitative estimate of drug-likeness (QED) is 0.297. The minimum atomic E-state index is -4.09. The van der Waals surface area contributed by atoms with Gasteiger partial charge in [-0.05, 0) is 49.1 Å². The first-order chi connectivity index (χ1) is 21.2. The lowest BCUT2D eigenvalue weighted by atomic mass is 10.0. The average Bonchev–Trinajstić information content (AvgIpc) is 3.71. The highest BCUT2D eigenvalue weighted by Gasteiger charge is 2.39. The molecule has 11 nitrogen and oxygen atoms in total. The summed E-state index contributed by atoms with van der Waals surface area (Å²) in [7, 11) is -2.63. The summed E-state index contributed by atoms with van der Waals surface area (Å²) in [6.45, 7) is 0.262. The summed E-state index contributed by atoms with van der Waals surface area (Å²) in [6.07, 6.45) is -1.69. The molecule has 44 heavy (non-hydrogen) atoms. The molecular formula is C32H37N3O8S. The van der Waals surface area contributed by atoms with Crippen LogP contribution in [0.4, 0.5) is 10.5 Å². The summed E-state index contributed by atoms with van der Waals surface area (Å²) in [5.41, 5.74) is 1.42. The van der Waals surface area contributed by atoms with Crippen LogP contribution in [0, 0.1) is 0 Å². The number of ether oxygens (including phenoxy) is 3. The Balaban J connectivity index is 1.37. The maximum atomic E-state index is 13.9. The molecule has 3 aromatic rings. The maximum Gasteiger partial charge on any atom is 0.415 e. The Kier molecular flexibility index (Phi) is 10.2. The van der Waals surface area contributed by atoms with Crippen LogP contribution in [-0.4, -0.2) is 87.5 Å². The molecule has 3 aromatic carbocycles. The Morgan fingerprint density at radius 1 is 1.09 bits per heavy atom. The fourth-order valence-electron chi connectivity index (χ4n) is 5.38. The number of aliphatic hydroxyl groups is 1. The smallest absolute Gasteiger partial charge is 0.415 e. The van der Waals surface area contributed by atoms with E-state index in [4.69, 9.17) is 14.2 Å². The van der Waals surface area contributed by atoms with E-state index in [0.29, 0.717) is 24.5 Å². The number of carbonyl (C=O) groups is 2. The number of methoxy groups -OCH3 is 1. The van der Waals surface area contributed by atoms with Gasteiger partial charge in [0.25, 0.3) is 5.91 Å². The summed E-state index contributed by atoms with van der Waals surface area (Å²) in [5.74, 6) is -0.202. The number of benzene rings is 3. The fourth-order valence-corrected chi connectivity index (χ4v) is 6.90. The van der Waals surface area contributed by atoms with Crippen molar-refractivity contribution in [2.24, 2.45) is 0 Å². The lowest BCUT2D eigenvalue weighted by Gasteiger charge is -2.31. The number of hydrogen-bond donors (Lipinski definition) is 2. The van der Waals surface area contributed by atoms with E-state index in [1.807, 2.05) is 36.4 Å². The second kappa shape index (κ2) is 14.2. The number of nitrogens with one attached hydrogen (secondary N) is 1. The van der Waals surface area contributed by atoms with Crippen molar-refractivity contribution in [3.8, 4) is 5.75 Å². The second-order valence-corrected chi connectivity index (χ2v) is 12.8. The molecule has 2 N–H and O–H groups in total. The first-order valence-corrected chi connectivity index (χ1v) is 16.0.